The van der Waals surface area contributed by atoms with Crippen LogP contribution in [0.25, 0.3) is 0 Å². The van der Waals surface area contributed by atoms with Gasteiger partial charge in [-0.25, -0.2) is 0 Å². The van der Waals surface area contributed by atoms with Crippen LogP contribution in [-0.2, 0) is 9.59 Å². The van der Waals surface area contributed by atoms with Gasteiger partial charge in [-0.15, -0.1) is 11.3 Å². The van der Waals surface area contributed by atoms with E-state index in [4.69, 9.17) is 0 Å². The molecule has 23 heavy (non-hydrogen) atoms. The number of carbonyl (C=O) groups excluding carboxylic acids is 3. The summed E-state index contributed by atoms with van der Waals surface area (Å²) in [5.41, 5.74) is 1.29. The third-order valence-corrected chi connectivity index (χ3v) is 4.13. The van der Waals surface area contributed by atoms with Crippen molar-refractivity contribution in [1.29, 1.82) is 0 Å². The molecule has 0 spiro atoms. The van der Waals surface area contributed by atoms with E-state index in [1.807, 2.05) is 13.0 Å². The zero-order chi connectivity index (χ0) is 16.8. The third kappa shape index (κ3) is 5.34. The highest BCUT2D eigenvalue weighted by atomic mass is 32.1. The molecule has 0 unspecified atom stereocenters. The van der Waals surface area contributed by atoms with E-state index < -0.39 is 0 Å². The van der Waals surface area contributed by atoms with Crippen molar-refractivity contribution >= 4 is 40.3 Å². The predicted octanol–water partition coefficient (Wildman–Crippen LogP) is 3.62. The van der Waals surface area contributed by atoms with Crippen LogP contribution >= 0.6 is 11.3 Å². The van der Waals surface area contributed by atoms with E-state index in [9.17, 15) is 14.4 Å². The van der Waals surface area contributed by atoms with Crippen LogP contribution in [0.2, 0.25) is 0 Å². The van der Waals surface area contributed by atoms with Crippen LogP contribution in [0.15, 0.2) is 36.4 Å². The van der Waals surface area contributed by atoms with Crippen molar-refractivity contribution in [3.05, 3.63) is 46.2 Å². The molecule has 0 bridgehead atoms. The normalized spacial score (nSPS) is 10.2. The van der Waals surface area contributed by atoms with E-state index in [-0.39, 0.29) is 30.4 Å². The first-order chi connectivity index (χ1) is 10.9. The summed E-state index contributed by atoms with van der Waals surface area (Å²) >= 11 is 1.44. The van der Waals surface area contributed by atoms with Gasteiger partial charge in [0.2, 0.25) is 11.8 Å². The number of ketones is 1. The first kappa shape index (κ1) is 16.9. The van der Waals surface area contributed by atoms with Crippen molar-refractivity contribution < 1.29 is 14.4 Å². The predicted molar refractivity (Wildman–Crippen MR) is 92.0 cm³/mol. The van der Waals surface area contributed by atoms with Gasteiger partial charge in [-0.3, -0.25) is 14.4 Å². The Kier molecular flexibility index (Phi) is 5.65. The molecule has 0 aliphatic rings. The first-order valence-corrected chi connectivity index (χ1v) is 8.03. The fourth-order valence-electron chi connectivity index (χ4n) is 2.00. The maximum atomic E-state index is 12.0. The minimum atomic E-state index is -0.209. The van der Waals surface area contributed by atoms with Crippen LogP contribution < -0.4 is 10.6 Å². The minimum absolute atomic E-state index is 0.0146. The SMILES string of the molecule is CC(=O)Nc1ccc(NC(=O)CCC(=O)c2ccc(C)s2)cc1. The molecule has 2 rings (SSSR count). The van der Waals surface area contributed by atoms with E-state index in [0.29, 0.717) is 16.3 Å². The second-order valence-corrected chi connectivity index (χ2v) is 6.43. The van der Waals surface area contributed by atoms with Crippen molar-refractivity contribution in [2.24, 2.45) is 0 Å². The topological polar surface area (TPSA) is 75.3 Å². The molecule has 6 heteroatoms. The maximum Gasteiger partial charge on any atom is 0.224 e. The largest absolute Gasteiger partial charge is 0.326 e. The highest BCUT2D eigenvalue weighted by Gasteiger charge is 2.11. The number of Topliss-reactive ketones (excluding diaryl/α,β-unsaturated/α-hetero) is 1. The molecule has 0 radical (unpaired) electrons. The molecule has 2 N–H and O–H groups in total. The van der Waals surface area contributed by atoms with E-state index in [1.54, 1.807) is 30.3 Å². The molecule has 2 amide bonds. The minimum Gasteiger partial charge on any atom is -0.326 e. The second kappa shape index (κ2) is 7.69. The van der Waals surface area contributed by atoms with Crippen molar-refractivity contribution in [1.82, 2.24) is 0 Å². The zero-order valence-corrected chi connectivity index (χ0v) is 13.8. The maximum absolute atomic E-state index is 12.0. The summed E-state index contributed by atoms with van der Waals surface area (Å²) in [6.45, 7) is 3.38. The number of anilines is 2. The molecule has 1 aromatic carbocycles. The van der Waals surface area contributed by atoms with Crippen molar-refractivity contribution in [3.8, 4) is 0 Å². The van der Waals surface area contributed by atoms with Crippen LogP contribution in [0.5, 0.6) is 0 Å². The highest BCUT2D eigenvalue weighted by molar-refractivity contribution is 7.14. The highest BCUT2D eigenvalue weighted by Crippen LogP contribution is 2.18. The lowest BCUT2D eigenvalue weighted by atomic mass is 10.2. The summed E-state index contributed by atoms with van der Waals surface area (Å²) in [5, 5.41) is 5.38. The zero-order valence-electron chi connectivity index (χ0n) is 13.0. The standard InChI is InChI=1S/C17H18N2O3S/c1-11-3-9-16(23-11)15(21)8-10-17(22)19-14-6-4-13(5-7-14)18-12(2)20/h3-7,9H,8,10H2,1-2H3,(H,18,20)(H,19,22). The fourth-order valence-corrected chi connectivity index (χ4v) is 2.83. The lowest BCUT2D eigenvalue weighted by Crippen LogP contribution is -2.13. The molecule has 2 aromatic rings. The van der Waals surface area contributed by atoms with Gasteiger partial charge < -0.3 is 10.6 Å². The average molecular weight is 330 g/mol. The molecule has 0 saturated heterocycles. The molecule has 1 heterocycles. The van der Waals surface area contributed by atoms with E-state index in [1.165, 1.54) is 18.3 Å². The number of aryl methyl sites for hydroxylation is 1. The van der Waals surface area contributed by atoms with Crippen molar-refractivity contribution in [3.63, 3.8) is 0 Å². The van der Waals surface area contributed by atoms with E-state index >= 15 is 0 Å². The Morgan fingerprint density at radius 3 is 2.04 bits per heavy atom. The quantitative estimate of drug-likeness (QED) is 0.794. The van der Waals surface area contributed by atoms with E-state index in [0.717, 1.165) is 4.88 Å². The molecule has 1 aromatic heterocycles. The van der Waals surface area contributed by atoms with Gasteiger partial charge in [0.25, 0.3) is 0 Å². The van der Waals surface area contributed by atoms with Gasteiger partial charge in [-0.05, 0) is 43.3 Å². The number of carbonyl (C=O) groups is 3. The van der Waals surface area contributed by atoms with Gasteiger partial charge in [0.05, 0.1) is 4.88 Å². The van der Waals surface area contributed by atoms with Gasteiger partial charge >= 0.3 is 0 Å². The summed E-state index contributed by atoms with van der Waals surface area (Å²) in [7, 11) is 0. The Morgan fingerprint density at radius 2 is 1.52 bits per heavy atom. The molecular formula is C17H18N2O3S. The number of hydrogen-bond donors (Lipinski definition) is 2. The summed E-state index contributed by atoms with van der Waals surface area (Å²) in [5.74, 6) is -0.373. The summed E-state index contributed by atoms with van der Waals surface area (Å²) in [6, 6.07) is 10.5. The van der Waals surface area contributed by atoms with Gasteiger partial charge in [0.1, 0.15) is 0 Å². The Morgan fingerprint density at radius 1 is 0.913 bits per heavy atom. The average Bonchev–Trinajstić information content (AvgIpc) is 2.93. The number of thiophene rings is 1. The lowest BCUT2D eigenvalue weighted by molar-refractivity contribution is -0.116. The molecule has 5 nitrogen and oxygen atoms in total. The van der Waals surface area contributed by atoms with Crippen LogP contribution in [0.4, 0.5) is 11.4 Å². The fraction of sp³-hybridized carbons (Fsp3) is 0.235. The molecule has 120 valence electrons. The Balaban J connectivity index is 1.82. The van der Waals surface area contributed by atoms with Crippen LogP contribution in [-0.4, -0.2) is 17.6 Å². The third-order valence-electron chi connectivity index (χ3n) is 3.08. The number of rotatable bonds is 6. The van der Waals surface area contributed by atoms with Gasteiger partial charge in [0, 0.05) is 36.0 Å². The van der Waals surface area contributed by atoms with Crippen LogP contribution in [0.1, 0.15) is 34.3 Å². The second-order valence-electron chi connectivity index (χ2n) is 5.14. The lowest BCUT2D eigenvalue weighted by Gasteiger charge is -2.06. The number of benzene rings is 1. The number of nitrogens with one attached hydrogen (secondary N) is 2. The first-order valence-electron chi connectivity index (χ1n) is 7.21. The monoisotopic (exact) mass is 330 g/mol. The molecule has 0 aliphatic heterocycles. The number of amides is 2. The Hall–Kier alpha value is -2.47. The molecule has 0 fully saturated rings. The summed E-state index contributed by atoms with van der Waals surface area (Å²) in [4.78, 5) is 36.5. The Bertz CT molecular complexity index is 720. The van der Waals surface area contributed by atoms with Gasteiger partial charge in [-0.2, -0.15) is 0 Å². The summed E-state index contributed by atoms with van der Waals surface area (Å²) < 4.78 is 0. The molecular weight excluding hydrogens is 312 g/mol. The molecule has 0 saturated carbocycles. The van der Waals surface area contributed by atoms with Crippen LogP contribution in [0, 0.1) is 6.92 Å². The summed E-state index contributed by atoms with van der Waals surface area (Å²) in [6.07, 6.45) is 0.332. The Labute approximate surface area is 138 Å². The smallest absolute Gasteiger partial charge is 0.224 e. The van der Waals surface area contributed by atoms with Gasteiger partial charge in [0.15, 0.2) is 5.78 Å². The molecule has 0 atom stereocenters. The number of hydrogen-bond acceptors (Lipinski definition) is 4. The van der Waals surface area contributed by atoms with E-state index in [2.05, 4.69) is 10.6 Å². The van der Waals surface area contributed by atoms with Crippen molar-refractivity contribution in [2.75, 3.05) is 10.6 Å². The van der Waals surface area contributed by atoms with Crippen molar-refractivity contribution in [2.45, 2.75) is 26.7 Å². The van der Waals surface area contributed by atoms with Gasteiger partial charge in [-0.1, -0.05) is 0 Å². The molecule has 0 aliphatic carbocycles. The van der Waals surface area contributed by atoms with Crippen LogP contribution in [0.3, 0.4) is 0 Å².